The van der Waals surface area contributed by atoms with Crippen molar-refractivity contribution in [2.45, 2.75) is 6.92 Å². The van der Waals surface area contributed by atoms with Crippen molar-refractivity contribution in [3.05, 3.63) is 42.1 Å². The SMILES string of the molecule is CCOC(=O)CN1CCN(c2cc(-c3c(F)cccc3F)cnn2)CC1. The third-order valence-corrected chi connectivity index (χ3v) is 4.25. The number of nitrogens with zero attached hydrogens (tertiary/aromatic N) is 4. The zero-order chi connectivity index (χ0) is 18.5. The number of ether oxygens (including phenoxy) is 1. The fourth-order valence-electron chi connectivity index (χ4n) is 2.94. The maximum Gasteiger partial charge on any atom is 0.320 e. The summed E-state index contributed by atoms with van der Waals surface area (Å²) in [7, 11) is 0. The molecule has 1 fully saturated rings. The highest BCUT2D eigenvalue weighted by Gasteiger charge is 2.21. The fourth-order valence-corrected chi connectivity index (χ4v) is 2.94. The number of halogens is 2. The van der Waals surface area contributed by atoms with Crippen molar-refractivity contribution < 1.29 is 18.3 Å². The molecule has 3 rings (SSSR count). The van der Waals surface area contributed by atoms with Crippen LogP contribution in [0.2, 0.25) is 0 Å². The number of hydrogen-bond donors (Lipinski definition) is 0. The topological polar surface area (TPSA) is 58.6 Å². The van der Waals surface area contributed by atoms with E-state index in [9.17, 15) is 13.6 Å². The largest absolute Gasteiger partial charge is 0.465 e. The summed E-state index contributed by atoms with van der Waals surface area (Å²) in [6.07, 6.45) is 1.35. The number of anilines is 1. The van der Waals surface area contributed by atoms with E-state index in [0.717, 1.165) is 0 Å². The quantitative estimate of drug-likeness (QED) is 0.760. The van der Waals surface area contributed by atoms with Crippen LogP contribution in [0.4, 0.5) is 14.6 Å². The van der Waals surface area contributed by atoms with Crippen molar-refractivity contribution in [1.82, 2.24) is 15.1 Å². The van der Waals surface area contributed by atoms with Gasteiger partial charge in [0.25, 0.3) is 0 Å². The molecule has 1 aromatic carbocycles. The second kappa shape index (κ2) is 8.18. The number of carbonyl (C=O) groups excluding carboxylic acids is 1. The number of esters is 1. The van der Waals surface area contributed by atoms with Crippen molar-refractivity contribution in [2.75, 3.05) is 44.2 Å². The number of hydrogen-bond acceptors (Lipinski definition) is 6. The van der Waals surface area contributed by atoms with Gasteiger partial charge in [-0.2, -0.15) is 5.10 Å². The summed E-state index contributed by atoms with van der Waals surface area (Å²) < 4.78 is 32.9. The standard InChI is InChI=1S/C18H20F2N4O2/c1-2-26-17(25)12-23-6-8-24(9-7-23)16-10-13(11-21-22-16)18-14(19)4-3-5-15(18)20/h3-5,10-11H,2,6-9,12H2,1H3. The summed E-state index contributed by atoms with van der Waals surface area (Å²) in [6, 6.07) is 5.39. The van der Waals surface area contributed by atoms with Crippen molar-refractivity contribution in [1.29, 1.82) is 0 Å². The van der Waals surface area contributed by atoms with Gasteiger partial charge in [0.05, 0.1) is 24.9 Å². The third kappa shape index (κ3) is 4.13. The van der Waals surface area contributed by atoms with Gasteiger partial charge in [-0.25, -0.2) is 8.78 Å². The number of piperazine rings is 1. The lowest BCUT2D eigenvalue weighted by molar-refractivity contribution is -0.144. The van der Waals surface area contributed by atoms with Crippen molar-refractivity contribution in [3.63, 3.8) is 0 Å². The van der Waals surface area contributed by atoms with E-state index >= 15 is 0 Å². The van der Waals surface area contributed by atoms with Crippen LogP contribution in [0, 0.1) is 11.6 Å². The molecule has 8 heteroatoms. The Kier molecular flexibility index (Phi) is 5.72. The Bertz CT molecular complexity index is 759. The Morgan fingerprint density at radius 2 is 1.88 bits per heavy atom. The highest BCUT2D eigenvalue weighted by Crippen LogP contribution is 2.27. The van der Waals surface area contributed by atoms with Crippen molar-refractivity contribution in [3.8, 4) is 11.1 Å². The van der Waals surface area contributed by atoms with Gasteiger partial charge >= 0.3 is 5.97 Å². The molecule has 0 saturated carbocycles. The van der Waals surface area contributed by atoms with Gasteiger partial charge in [-0.05, 0) is 25.1 Å². The van der Waals surface area contributed by atoms with E-state index in [1.54, 1.807) is 13.0 Å². The first-order valence-corrected chi connectivity index (χ1v) is 8.48. The number of benzene rings is 1. The van der Waals surface area contributed by atoms with E-state index in [2.05, 4.69) is 10.2 Å². The van der Waals surface area contributed by atoms with Crippen LogP contribution in [0.15, 0.2) is 30.5 Å². The first-order valence-electron chi connectivity index (χ1n) is 8.48. The Morgan fingerprint density at radius 1 is 1.19 bits per heavy atom. The van der Waals surface area contributed by atoms with Crippen LogP contribution in [0.5, 0.6) is 0 Å². The zero-order valence-electron chi connectivity index (χ0n) is 14.5. The molecule has 26 heavy (non-hydrogen) atoms. The van der Waals surface area contributed by atoms with E-state index in [1.807, 2.05) is 9.80 Å². The second-order valence-electron chi connectivity index (χ2n) is 5.97. The molecule has 0 spiro atoms. The molecule has 0 atom stereocenters. The van der Waals surface area contributed by atoms with Crippen molar-refractivity contribution >= 4 is 11.8 Å². The second-order valence-corrected chi connectivity index (χ2v) is 5.97. The average molecular weight is 362 g/mol. The minimum absolute atomic E-state index is 0.107. The fraction of sp³-hybridized carbons (Fsp3) is 0.389. The van der Waals surface area contributed by atoms with Crippen molar-refractivity contribution in [2.24, 2.45) is 0 Å². The predicted octanol–water partition coefficient (Wildman–Crippen LogP) is 2.11. The number of carbonyl (C=O) groups is 1. The highest BCUT2D eigenvalue weighted by atomic mass is 19.1. The predicted molar refractivity (Wildman–Crippen MR) is 92.7 cm³/mol. The number of rotatable bonds is 5. The van der Waals surface area contributed by atoms with Gasteiger partial charge in [-0.1, -0.05) is 6.07 Å². The first kappa shape index (κ1) is 18.2. The molecule has 0 radical (unpaired) electrons. The Hall–Kier alpha value is -2.61. The van der Waals surface area contributed by atoms with Crippen LogP contribution in [-0.4, -0.2) is 60.4 Å². The lowest BCUT2D eigenvalue weighted by atomic mass is 10.1. The normalized spacial score (nSPS) is 15.1. The molecule has 6 nitrogen and oxygen atoms in total. The molecule has 1 saturated heterocycles. The van der Waals surface area contributed by atoms with E-state index in [0.29, 0.717) is 44.2 Å². The van der Waals surface area contributed by atoms with Crippen LogP contribution < -0.4 is 4.90 Å². The summed E-state index contributed by atoms with van der Waals surface area (Å²) in [5.74, 6) is -0.954. The molecule has 0 unspecified atom stereocenters. The maximum atomic E-state index is 14.0. The monoisotopic (exact) mass is 362 g/mol. The molecule has 2 aromatic rings. The first-order chi connectivity index (χ1) is 12.6. The average Bonchev–Trinajstić information content (AvgIpc) is 2.63. The Morgan fingerprint density at radius 3 is 2.54 bits per heavy atom. The molecule has 1 aromatic heterocycles. The summed E-state index contributed by atoms with van der Waals surface area (Å²) in [5.41, 5.74) is 0.240. The van der Waals surface area contributed by atoms with E-state index in [4.69, 9.17) is 4.74 Å². The maximum absolute atomic E-state index is 14.0. The molecule has 0 amide bonds. The van der Waals surface area contributed by atoms with Gasteiger partial charge in [0.1, 0.15) is 11.6 Å². The molecule has 0 bridgehead atoms. The van der Waals surface area contributed by atoms with E-state index < -0.39 is 11.6 Å². The molecular formula is C18H20F2N4O2. The summed E-state index contributed by atoms with van der Waals surface area (Å²) >= 11 is 0. The van der Waals surface area contributed by atoms with Gasteiger partial charge in [-0.3, -0.25) is 9.69 Å². The zero-order valence-corrected chi connectivity index (χ0v) is 14.5. The molecular weight excluding hydrogens is 342 g/mol. The molecule has 138 valence electrons. The summed E-state index contributed by atoms with van der Waals surface area (Å²) in [6.45, 7) is 5.01. The van der Waals surface area contributed by atoms with Gasteiger partial charge in [0, 0.05) is 31.7 Å². The smallest absolute Gasteiger partial charge is 0.320 e. The van der Waals surface area contributed by atoms with Crippen LogP contribution in [0.25, 0.3) is 11.1 Å². The Balaban J connectivity index is 1.69. The van der Waals surface area contributed by atoms with Crippen LogP contribution in [-0.2, 0) is 9.53 Å². The van der Waals surface area contributed by atoms with Crippen LogP contribution in [0.1, 0.15) is 6.92 Å². The molecule has 1 aliphatic heterocycles. The number of aromatic nitrogens is 2. The van der Waals surface area contributed by atoms with Gasteiger partial charge in [-0.15, -0.1) is 5.10 Å². The molecule has 0 N–H and O–H groups in total. The lowest BCUT2D eigenvalue weighted by Crippen LogP contribution is -2.48. The van der Waals surface area contributed by atoms with E-state index in [-0.39, 0.29) is 18.1 Å². The van der Waals surface area contributed by atoms with Crippen LogP contribution in [0.3, 0.4) is 0 Å². The third-order valence-electron chi connectivity index (χ3n) is 4.25. The minimum atomic E-state index is -0.636. The summed E-state index contributed by atoms with van der Waals surface area (Å²) in [4.78, 5) is 15.5. The molecule has 0 aliphatic carbocycles. The van der Waals surface area contributed by atoms with Crippen LogP contribution >= 0.6 is 0 Å². The lowest BCUT2D eigenvalue weighted by Gasteiger charge is -2.34. The summed E-state index contributed by atoms with van der Waals surface area (Å²) in [5, 5.41) is 7.98. The molecule has 2 heterocycles. The Labute approximate surface area is 150 Å². The van der Waals surface area contributed by atoms with Gasteiger partial charge in [0.15, 0.2) is 5.82 Å². The van der Waals surface area contributed by atoms with Gasteiger partial charge < -0.3 is 9.64 Å². The minimum Gasteiger partial charge on any atom is -0.465 e. The van der Waals surface area contributed by atoms with Gasteiger partial charge in [0.2, 0.25) is 0 Å². The highest BCUT2D eigenvalue weighted by molar-refractivity contribution is 5.71. The molecule has 1 aliphatic rings. The van der Waals surface area contributed by atoms with E-state index in [1.165, 1.54) is 24.4 Å².